The van der Waals surface area contributed by atoms with Crippen molar-refractivity contribution >= 4 is 11.5 Å². The molecule has 0 radical (unpaired) electrons. The zero-order valence-electron chi connectivity index (χ0n) is 9.56. The molecule has 2 rings (SSSR count). The normalized spacial score (nSPS) is 18.8. The molecule has 0 fully saturated rings. The number of nitrogens with zero attached hydrogens (tertiary/aromatic N) is 3. The SMILES string of the molecule is Cc1ccc(N2N=[N+]([O-])C(C)(C)C2=N)cc1. The van der Waals surface area contributed by atoms with Gasteiger partial charge in [0, 0.05) is 0 Å². The molecular formula is C11H14N4O. The van der Waals surface area contributed by atoms with E-state index in [9.17, 15) is 5.21 Å². The van der Waals surface area contributed by atoms with Crippen LogP contribution < -0.4 is 5.01 Å². The van der Waals surface area contributed by atoms with Crippen LogP contribution in [0.4, 0.5) is 5.69 Å². The fraction of sp³-hybridized carbons (Fsp3) is 0.364. The van der Waals surface area contributed by atoms with Gasteiger partial charge in [-0.25, -0.2) is 0 Å². The molecule has 0 aromatic heterocycles. The van der Waals surface area contributed by atoms with Crippen molar-refractivity contribution in [2.45, 2.75) is 26.3 Å². The summed E-state index contributed by atoms with van der Waals surface area (Å²) in [6.45, 7) is 5.35. The summed E-state index contributed by atoms with van der Waals surface area (Å²) in [6.07, 6.45) is 0. The Morgan fingerprint density at radius 2 is 1.88 bits per heavy atom. The van der Waals surface area contributed by atoms with Crippen LogP contribution in [0.25, 0.3) is 0 Å². The maximum atomic E-state index is 11.5. The quantitative estimate of drug-likeness (QED) is 0.581. The molecule has 16 heavy (non-hydrogen) atoms. The Kier molecular flexibility index (Phi) is 2.18. The Balaban J connectivity index is 2.38. The minimum absolute atomic E-state index is 0.186. The Morgan fingerprint density at radius 1 is 1.31 bits per heavy atom. The number of benzene rings is 1. The van der Waals surface area contributed by atoms with Gasteiger partial charge >= 0.3 is 0 Å². The second-order valence-electron chi connectivity index (χ2n) is 4.42. The summed E-state index contributed by atoms with van der Waals surface area (Å²) in [4.78, 5) is 0.565. The Morgan fingerprint density at radius 3 is 2.31 bits per heavy atom. The molecule has 1 aliphatic heterocycles. The lowest BCUT2D eigenvalue weighted by Gasteiger charge is -2.16. The molecule has 1 heterocycles. The van der Waals surface area contributed by atoms with Gasteiger partial charge in [0.2, 0.25) is 5.54 Å². The van der Waals surface area contributed by atoms with Crippen molar-refractivity contribution in [3.8, 4) is 0 Å². The van der Waals surface area contributed by atoms with Crippen LogP contribution in [-0.2, 0) is 0 Å². The summed E-state index contributed by atoms with van der Waals surface area (Å²) in [5.41, 5.74) is 0.972. The molecule has 0 aliphatic carbocycles. The van der Waals surface area contributed by atoms with Gasteiger partial charge in [-0.3, -0.25) is 5.41 Å². The van der Waals surface area contributed by atoms with Crippen LogP contribution in [0.1, 0.15) is 19.4 Å². The van der Waals surface area contributed by atoms with E-state index in [2.05, 4.69) is 5.22 Å². The third-order valence-corrected chi connectivity index (χ3v) is 2.72. The van der Waals surface area contributed by atoms with E-state index in [0.717, 1.165) is 11.3 Å². The number of amidine groups is 1. The van der Waals surface area contributed by atoms with Crippen molar-refractivity contribution in [1.29, 1.82) is 5.41 Å². The molecule has 1 aliphatic rings. The second-order valence-corrected chi connectivity index (χ2v) is 4.42. The van der Waals surface area contributed by atoms with E-state index >= 15 is 0 Å². The summed E-state index contributed by atoms with van der Waals surface area (Å²) >= 11 is 0. The van der Waals surface area contributed by atoms with Gasteiger partial charge in [-0.1, -0.05) is 22.7 Å². The van der Waals surface area contributed by atoms with Crippen LogP contribution in [0.5, 0.6) is 0 Å². The second kappa shape index (κ2) is 3.30. The first kappa shape index (κ1) is 10.6. The monoisotopic (exact) mass is 218 g/mol. The lowest BCUT2D eigenvalue weighted by Crippen LogP contribution is -2.40. The van der Waals surface area contributed by atoms with E-state index in [0.29, 0.717) is 4.86 Å². The van der Waals surface area contributed by atoms with Gasteiger partial charge in [0.1, 0.15) is 0 Å². The summed E-state index contributed by atoms with van der Waals surface area (Å²) < 4.78 is 0. The van der Waals surface area contributed by atoms with Crippen LogP contribution >= 0.6 is 0 Å². The van der Waals surface area contributed by atoms with E-state index in [1.165, 1.54) is 5.01 Å². The Hall–Kier alpha value is -1.91. The zero-order valence-corrected chi connectivity index (χ0v) is 9.56. The molecule has 1 N–H and O–H groups in total. The molecule has 5 nitrogen and oxygen atoms in total. The highest BCUT2D eigenvalue weighted by Gasteiger charge is 2.45. The fourth-order valence-electron chi connectivity index (χ4n) is 1.45. The minimum atomic E-state index is -0.898. The summed E-state index contributed by atoms with van der Waals surface area (Å²) in [7, 11) is 0. The molecule has 1 aromatic carbocycles. The van der Waals surface area contributed by atoms with Gasteiger partial charge in [-0.2, -0.15) is 4.86 Å². The fourth-order valence-corrected chi connectivity index (χ4v) is 1.45. The highest BCUT2D eigenvalue weighted by Crippen LogP contribution is 2.27. The molecule has 0 unspecified atom stereocenters. The number of rotatable bonds is 1. The van der Waals surface area contributed by atoms with Gasteiger partial charge in [0.05, 0.1) is 5.22 Å². The first-order valence-electron chi connectivity index (χ1n) is 5.07. The van der Waals surface area contributed by atoms with Crippen LogP contribution in [0, 0.1) is 17.5 Å². The maximum absolute atomic E-state index is 11.5. The van der Waals surface area contributed by atoms with E-state index in [-0.39, 0.29) is 5.84 Å². The van der Waals surface area contributed by atoms with Gasteiger partial charge in [0.25, 0.3) is 5.84 Å². The first-order valence-corrected chi connectivity index (χ1v) is 5.07. The van der Waals surface area contributed by atoms with Gasteiger partial charge < -0.3 is 5.21 Å². The topological polar surface area (TPSA) is 65.5 Å². The third kappa shape index (κ3) is 1.44. The molecule has 0 saturated carbocycles. The molecule has 5 heteroatoms. The molecule has 0 atom stereocenters. The lowest BCUT2D eigenvalue weighted by atomic mass is 10.1. The number of nitrogens with one attached hydrogen (secondary N) is 1. The van der Waals surface area contributed by atoms with Crippen LogP contribution in [0.15, 0.2) is 29.5 Å². The zero-order chi connectivity index (χ0) is 11.9. The van der Waals surface area contributed by atoms with E-state index in [4.69, 9.17) is 5.41 Å². The Labute approximate surface area is 94.1 Å². The van der Waals surface area contributed by atoms with Crippen molar-refractivity contribution in [1.82, 2.24) is 0 Å². The van der Waals surface area contributed by atoms with Crippen LogP contribution in [-0.4, -0.2) is 16.2 Å². The predicted octanol–water partition coefficient (Wildman–Crippen LogP) is 2.45. The van der Waals surface area contributed by atoms with E-state index in [1.807, 2.05) is 31.2 Å². The van der Waals surface area contributed by atoms with Gasteiger partial charge in [-0.15, -0.1) is 0 Å². The number of hydroxylamine groups is 1. The van der Waals surface area contributed by atoms with Gasteiger partial charge in [0.15, 0.2) is 5.69 Å². The lowest BCUT2D eigenvalue weighted by molar-refractivity contribution is -0.574. The highest BCUT2D eigenvalue weighted by atomic mass is 16.5. The molecule has 0 spiro atoms. The number of aryl methyl sites for hydroxylation is 1. The Bertz CT molecular complexity index is 461. The summed E-state index contributed by atoms with van der Waals surface area (Å²) in [5, 5.41) is 24.6. The summed E-state index contributed by atoms with van der Waals surface area (Å²) in [5.74, 6) is 0.186. The van der Waals surface area contributed by atoms with Crippen molar-refractivity contribution in [3.05, 3.63) is 35.0 Å². The maximum Gasteiger partial charge on any atom is 0.266 e. The molecule has 1 aromatic rings. The molecular weight excluding hydrogens is 204 g/mol. The third-order valence-electron chi connectivity index (χ3n) is 2.72. The molecule has 0 bridgehead atoms. The summed E-state index contributed by atoms with van der Waals surface area (Å²) in [6, 6.07) is 7.56. The highest BCUT2D eigenvalue weighted by molar-refractivity contribution is 6.00. The van der Waals surface area contributed by atoms with Crippen LogP contribution in [0.3, 0.4) is 0 Å². The minimum Gasteiger partial charge on any atom is -0.695 e. The smallest absolute Gasteiger partial charge is 0.266 e. The average Bonchev–Trinajstić information content (AvgIpc) is 2.44. The van der Waals surface area contributed by atoms with Crippen molar-refractivity contribution in [3.63, 3.8) is 0 Å². The molecule has 0 saturated heterocycles. The van der Waals surface area contributed by atoms with E-state index < -0.39 is 5.54 Å². The van der Waals surface area contributed by atoms with Gasteiger partial charge in [-0.05, 0) is 32.9 Å². The molecule has 0 amide bonds. The number of hydrogen-bond donors (Lipinski definition) is 1. The van der Waals surface area contributed by atoms with Crippen LogP contribution in [0.2, 0.25) is 0 Å². The largest absolute Gasteiger partial charge is 0.695 e. The standard InChI is InChI=1S/C11H14N4O/c1-8-4-6-9(7-5-8)14-10(12)11(2,3)15(16)13-14/h4-7,12H,1-3H3. The number of hydrogen-bond acceptors (Lipinski definition) is 3. The first-order chi connectivity index (χ1) is 7.43. The molecule has 84 valence electrons. The van der Waals surface area contributed by atoms with Crippen molar-refractivity contribution < 1.29 is 4.86 Å². The van der Waals surface area contributed by atoms with E-state index in [1.54, 1.807) is 13.8 Å². The number of anilines is 1. The predicted molar refractivity (Wildman–Crippen MR) is 61.5 cm³/mol. The van der Waals surface area contributed by atoms with Crippen molar-refractivity contribution in [2.75, 3.05) is 5.01 Å². The average molecular weight is 218 g/mol. The van der Waals surface area contributed by atoms with Crippen molar-refractivity contribution in [2.24, 2.45) is 5.22 Å².